The smallest absolute Gasteiger partial charge is 0.331 e. The molecule has 0 bridgehead atoms. The van der Waals surface area contributed by atoms with Crippen molar-refractivity contribution in [1.29, 1.82) is 0 Å². The molecule has 1 N–H and O–H groups in total. The number of carboxylic acids is 1. The fourth-order valence-corrected chi connectivity index (χ4v) is 1.65. The van der Waals surface area contributed by atoms with Gasteiger partial charge < -0.3 is 5.11 Å². The Hall–Kier alpha value is -1.05. The lowest BCUT2D eigenvalue weighted by Crippen LogP contribution is -2.02. The van der Waals surface area contributed by atoms with E-state index in [9.17, 15) is 4.79 Å². The normalized spacial score (nSPS) is 9.94. The van der Waals surface area contributed by atoms with E-state index < -0.39 is 5.97 Å². The summed E-state index contributed by atoms with van der Waals surface area (Å²) in [6, 6.07) is 0. The van der Waals surface area contributed by atoms with Gasteiger partial charge in [-0.1, -0.05) is 24.0 Å². The van der Waals surface area contributed by atoms with E-state index in [2.05, 4.69) is 6.58 Å². The molecule has 0 aliphatic heterocycles. The first-order valence-electron chi connectivity index (χ1n) is 5.99. The molecular weight excluding hydrogens is 200 g/mol. The standard InChI is InChI=1S/C14H24O2/c1-11(2)9-7-5-6-8-10-13(12(3)4)14(15)16/h1,5-10H2,2-4H3,(H,15,16). The van der Waals surface area contributed by atoms with Crippen LogP contribution < -0.4 is 0 Å². The van der Waals surface area contributed by atoms with E-state index in [0.717, 1.165) is 24.8 Å². The van der Waals surface area contributed by atoms with Crippen LogP contribution in [0.1, 0.15) is 59.3 Å². The van der Waals surface area contributed by atoms with Crippen LogP contribution in [0.15, 0.2) is 23.3 Å². The topological polar surface area (TPSA) is 37.3 Å². The van der Waals surface area contributed by atoms with E-state index in [0.29, 0.717) is 12.0 Å². The molecule has 0 saturated heterocycles. The minimum atomic E-state index is -0.762. The van der Waals surface area contributed by atoms with Crippen molar-refractivity contribution < 1.29 is 9.90 Å². The van der Waals surface area contributed by atoms with E-state index in [4.69, 9.17) is 5.11 Å². The van der Waals surface area contributed by atoms with Crippen LogP contribution in [0.25, 0.3) is 0 Å². The zero-order valence-electron chi connectivity index (χ0n) is 10.8. The van der Waals surface area contributed by atoms with Crippen molar-refractivity contribution in [3.05, 3.63) is 23.3 Å². The van der Waals surface area contributed by atoms with Crippen LogP contribution in [0, 0.1) is 0 Å². The van der Waals surface area contributed by atoms with Gasteiger partial charge in [-0.2, -0.15) is 0 Å². The Bertz CT molecular complexity index is 270. The lowest BCUT2D eigenvalue weighted by atomic mass is 10.0. The number of unbranched alkanes of at least 4 members (excludes halogenated alkanes) is 3. The van der Waals surface area contributed by atoms with Gasteiger partial charge in [0.2, 0.25) is 0 Å². The summed E-state index contributed by atoms with van der Waals surface area (Å²) in [5, 5.41) is 8.95. The van der Waals surface area contributed by atoms with E-state index in [-0.39, 0.29) is 0 Å². The van der Waals surface area contributed by atoms with Gasteiger partial charge in [0.05, 0.1) is 0 Å². The third-order valence-electron chi connectivity index (χ3n) is 2.64. The Balaban J connectivity index is 3.69. The maximum atomic E-state index is 10.9. The zero-order valence-corrected chi connectivity index (χ0v) is 10.8. The van der Waals surface area contributed by atoms with Crippen LogP contribution in [0.2, 0.25) is 0 Å². The van der Waals surface area contributed by atoms with Crippen molar-refractivity contribution in [2.45, 2.75) is 59.3 Å². The number of rotatable bonds is 8. The predicted molar refractivity (Wildman–Crippen MR) is 68.5 cm³/mol. The molecule has 0 aliphatic rings. The molecule has 2 nitrogen and oxygen atoms in total. The highest BCUT2D eigenvalue weighted by Crippen LogP contribution is 2.15. The van der Waals surface area contributed by atoms with Crippen LogP contribution >= 0.6 is 0 Å². The Morgan fingerprint density at radius 1 is 1.00 bits per heavy atom. The second kappa shape index (κ2) is 8.14. The Kier molecular flexibility index (Phi) is 7.61. The van der Waals surface area contributed by atoms with Crippen LogP contribution in [0.3, 0.4) is 0 Å². The van der Waals surface area contributed by atoms with Crippen molar-refractivity contribution in [3.63, 3.8) is 0 Å². The van der Waals surface area contributed by atoms with Crippen LogP contribution in [-0.4, -0.2) is 11.1 Å². The summed E-state index contributed by atoms with van der Waals surface area (Å²) < 4.78 is 0. The van der Waals surface area contributed by atoms with Gasteiger partial charge in [0.25, 0.3) is 0 Å². The number of carbonyl (C=O) groups is 1. The first kappa shape index (κ1) is 14.9. The molecule has 16 heavy (non-hydrogen) atoms. The Labute approximate surface area is 99.1 Å². The summed E-state index contributed by atoms with van der Waals surface area (Å²) in [5.41, 5.74) is 2.74. The van der Waals surface area contributed by atoms with Crippen molar-refractivity contribution in [2.24, 2.45) is 0 Å². The molecule has 0 aromatic rings. The molecule has 0 heterocycles. The molecule has 0 rings (SSSR count). The van der Waals surface area contributed by atoms with Gasteiger partial charge in [-0.25, -0.2) is 4.79 Å². The molecule has 0 aromatic heterocycles. The molecule has 0 radical (unpaired) electrons. The first-order valence-corrected chi connectivity index (χ1v) is 5.99. The third kappa shape index (κ3) is 7.27. The van der Waals surface area contributed by atoms with Crippen molar-refractivity contribution in [1.82, 2.24) is 0 Å². The van der Waals surface area contributed by atoms with E-state index >= 15 is 0 Å². The molecule has 0 aromatic carbocycles. The third-order valence-corrected chi connectivity index (χ3v) is 2.64. The van der Waals surface area contributed by atoms with Gasteiger partial charge in [-0.15, -0.1) is 6.58 Å². The zero-order chi connectivity index (χ0) is 12.6. The second-order valence-electron chi connectivity index (χ2n) is 4.66. The number of aliphatic carboxylic acids is 1. The highest BCUT2D eigenvalue weighted by molar-refractivity contribution is 5.87. The lowest BCUT2D eigenvalue weighted by Gasteiger charge is -2.05. The summed E-state index contributed by atoms with van der Waals surface area (Å²) in [6.45, 7) is 9.64. The van der Waals surface area contributed by atoms with Gasteiger partial charge in [-0.05, 0) is 46.5 Å². The van der Waals surface area contributed by atoms with Gasteiger partial charge in [0, 0.05) is 5.57 Å². The number of hydrogen-bond donors (Lipinski definition) is 1. The van der Waals surface area contributed by atoms with Gasteiger partial charge in [-0.3, -0.25) is 0 Å². The van der Waals surface area contributed by atoms with Gasteiger partial charge >= 0.3 is 5.97 Å². The molecular formula is C14H24O2. The van der Waals surface area contributed by atoms with E-state index in [1.165, 1.54) is 18.4 Å². The highest BCUT2D eigenvalue weighted by Gasteiger charge is 2.08. The minimum Gasteiger partial charge on any atom is -0.478 e. The maximum absolute atomic E-state index is 10.9. The van der Waals surface area contributed by atoms with E-state index in [1.807, 2.05) is 20.8 Å². The minimum absolute atomic E-state index is 0.583. The summed E-state index contributed by atoms with van der Waals surface area (Å²) in [7, 11) is 0. The number of allylic oxidation sites excluding steroid dienone is 2. The average molecular weight is 224 g/mol. The van der Waals surface area contributed by atoms with Crippen molar-refractivity contribution in [3.8, 4) is 0 Å². The van der Waals surface area contributed by atoms with Crippen molar-refractivity contribution >= 4 is 5.97 Å². The number of carboxylic acid groups (broad SMARTS) is 1. The molecule has 92 valence electrons. The summed E-state index contributed by atoms with van der Waals surface area (Å²) in [6.07, 6.45) is 6.22. The van der Waals surface area contributed by atoms with E-state index in [1.54, 1.807) is 0 Å². The molecule has 0 spiro atoms. The SMILES string of the molecule is C=C(C)CCCCCCC(C(=O)O)=C(C)C. The van der Waals surface area contributed by atoms with Gasteiger partial charge in [0.1, 0.15) is 0 Å². The molecule has 0 fully saturated rings. The summed E-state index contributed by atoms with van der Waals surface area (Å²) >= 11 is 0. The largest absolute Gasteiger partial charge is 0.478 e. The first-order chi connectivity index (χ1) is 7.45. The van der Waals surface area contributed by atoms with Gasteiger partial charge in [0.15, 0.2) is 0 Å². The molecule has 0 amide bonds. The predicted octanol–water partition coefficient (Wildman–Crippen LogP) is 4.32. The average Bonchev–Trinajstić information content (AvgIpc) is 2.14. The van der Waals surface area contributed by atoms with Crippen LogP contribution in [0.4, 0.5) is 0 Å². The Morgan fingerprint density at radius 2 is 1.50 bits per heavy atom. The molecule has 2 heteroatoms. The molecule has 0 atom stereocenters. The molecule has 0 saturated carbocycles. The fraction of sp³-hybridized carbons (Fsp3) is 0.643. The Morgan fingerprint density at radius 3 is 1.88 bits per heavy atom. The van der Waals surface area contributed by atoms with Crippen molar-refractivity contribution in [2.75, 3.05) is 0 Å². The maximum Gasteiger partial charge on any atom is 0.331 e. The summed E-state index contributed by atoms with van der Waals surface area (Å²) in [5.74, 6) is -0.762. The number of hydrogen-bond acceptors (Lipinski definition) is 1. The van der Waals surface area contributed by atoms with Crippen LogP contribution in [-0.2, 0) is 4.79 Å². The monoisotopic (exact) mass is 224 g/mol. The quantitative estimate of drug-likeness (QED) is 0.378. The highest BCUT2D eigenvalue weighted by atomic mass is 16.4. The lowest BCUT2D eigenvalue weighted by molar-refractivity contribution is -0.132. The molecule has 0 aliphatic carbocycles. The summed E-state index contributed by atoms with van der Waals surface area (Å²) in [4.78, 5) is 10.9. The van der Waals surface area contributed by atoms with Crippen LogP contribution in [0.5, 0.6) is 0 Å². The molecule has 0 unspecified atom stereocenters. The fourth-order valence-electron chi connectivity index (χ4n) is 1.65. The second-order valence-corrected chi connectivity index (χ2v) is 4.66.